The highest BCUT2D eigenvalue weighted by Gasteiger charge is 2.39. The number of ketones is 1. The van der Waals surface area contributed by atoms with Gasteiger partial charge in [-0.2, -0.15) is 0 Å². The second kappa shape index (κ2) is 6.51. The summed E-state index contributed by atoms with van der Waals surface area (Å²) in [7, 11) is 1.28. The molecule has 7 nitrogen and oxygen atoms in total. The van der Waals surface area contributed by atoms with Gasteiger partial charge in [-0.15, -0.1) is 0 Å². The Morgan fingerprint density at radius 1 is 1.36 bits per heavy atom. The molecule has 0 bridgehead atoms. The molecule has 7 heteroatoms. The minimum atomic E-state index is -0.656. The molecule has 1 heterocycles. The van der Waals surface area contributed by atoms with Gasteiger partial charge in [0.2, 0.25) is 0 Å². The molecule has 0 amide bonds. The van der Waals surface area contributed by atoms with E-state index in [1.54, 1.807) is 19.1 Å². The maximum atomic E-state index is 12.6. The third kappa shape index (κ3) is 2.93. The van der Waals surface area contributed by atoms with Gasteiger partial charge in [-0.25, -0.2) is 4.79 Å². The van der Waals surface area contributed by atoms with Gasteiger partial charge >= 0.3 is 5.97 Å². The maximum Gasteiger partial charge on any atom is 0.336 e. The number of nitro groups is 1. The molecule has 0 spiro atoms. The Balaban J connectivity index is 2.21. The molecule has 1 aliphatic heterocycles. The summed E-state index contributed by atoms with van der Waals surface area (Å²) in [6.07, 6.45) is 1.85. The molecule has 1 N–H and O–H groups in total. The van der Waals surface area contributed by atoms with Crippen molar-refractivity contribution in [1.82, 2.24) is 5.32 Å². The van der Waals surface area contributed by atoms with Crippen LogP contribution in [0.25, 0.3) is 0 Å². The number of nitrogens with one attached hydrogen (secondary N) is 1. The first-order valence-electron chi connectivity index (χ1n) is 8.00. The number of non-ortho nitro benzene ring substituents is 1. The van der Waals surface area contributed by atoms with Gasteiger partial charge in [0.25, 0.3) is 5.69 Å². The fraction of sp³-hybridized carbons (Fsp3) is 0.333. The molecular formula is C18H18N2O5. The van der Waals surface area contributed by atoms with E-state index in [9.17, 15) is 19.7 Å². The summed E-state index contributed by atoms with van der Waals surface area (Å²) in [6, 6.07) is 6.06. The Hall–Kier alpha value is -2.96. The van der Waals surface area contributed by atoms with Gasteiger partial charge in [0.05, 0.1) is 17.6 Å². The zero-order valence-electron chi connectivity index (χ0n) is 14.0. The predicted molar refractivity (Wildman–Crippen MR) is 89.6 cm³/mol. The van der Waals surface area contributed by atoms with E-state index in [0.717, 1.165) is 12.1 Å². The number of nitro benzene ring substituents is 1. The maximum absolute atomic E-state index is 12.6. The first kappa shape index (κ1) is 16.9. The molecule has 1 atom stereocenters. The van der Waals surface area contributed by atoms with E-state index in [4.69, 9.17) is 4.74 Å². The molecule has 0 saturated heterocycles. The number of rotatable bonds is 3. The molecule has 0 aromatic heterocycles. The van der Waals surface area contributed by atoms with Crippen molar-refractivity contribution in [3.63, 3.8) is 0 Å². The van der Waals surface area contributed by atoms with Crippen LogP contribution in [-0.2, 0) is 14.3 Å². The number of dihydropyridines is 1. The number of ether oxygens (including phenoxy) is 1. The van der Waals surface area contributed by atoms with E-state index in [1.165, 1.54) is 19.2 Å². The Kier molecular flexibility index (Phi) is 4.39. The molecule has 0 radical (unpaired) electrons. The van der Waals surface area contributed by atoms with Gasteiger partial charge in [0.15, 0.2) is 5.78 Å². The van der Waals surface area contributed by atoms with Crippen molar-refractivity contribution < 1.29 is 19.2 Å². The van der Waals surface area contributed by atoms with E-state index >= 15 is 0 Å². The lowest BCUT2D eigenvalue weighted by atomic mass is 9.75. The average molecular weight is 342 g/mol. The fourth-order valence-corrected chi connectivity index (χ4v) is 3.52. The van der Waals surface area contributed by atoms with Crippen LogP contribution in [-0.4, -0.2) is 23.8 Å². The number of methoxy groups -OCH3 is 1. The summed E-state index contributed by atoms with van der Waals surface area (Å²) in [5.41, 5.74) is 2.69. The van der Waals surface area contributed by atoms with Crippen molar-refractivity contribution in [3.8, 4) is 0 Å². The Morgan fingerprint density at radius 3 is 2.80 bits per heavy atom. The monoisotopic (exact) mass is 342 g/mol. The van der Waals surface area contributed by atoms with E-state index in [0.29, 0.717) is 35.2 Å². The molecule has 1 aromatic carbocycles. The van der Waals surface area contributed by atoms with Gasteiger partial charge < -0.3 is 10.1 Å². The first-order valence-corrected chi connectivity index (χ1v) is 8.00. The molecule has 3 rings (SSSR count). The number of Topliss-reactive ketones (excluding diaryl/α,β-unsaturated/α-hetero) is 1. The van der Waals surface area contributed by atoms with Crippen molar-refractivity contribution in [1.29, 1.82) is 0 Å². The molecule has 1 aliphatic carbocycles. The van der Waals surface area contributed by atoms with Crippen molar-refractivity contribution >= 4 is 17.4 Å². The van der Waals surface area contributed by atoms with Crippen LogP contribution in [0.1, 0.15) is 37.7 Å². The number of esters is 1. The van der Waals surface area contributed by atoms with Gasteiger partial charge in [0, 0.05) is 41.4 Å². The molecule has 1 unspecified atom stereocenters. The Labute approximate surface area is 144 Å². The molecule has 25 heavy (non-hydrogen) atoms. The highest BCUT2D eigenvalue weighted by Crippen LogP contribution is 2.42. The highest BCUT2D eigenvalue weighted by molar-refractivity contribution is 6.03. The van der Waals surface area contributed by atoms with E-state index in [-0.39, 0.29) is 11.5 Å². The SMILES string of the molecule is COC(=O)C1=C(C)NC2=C(C(=O)CCC2)C1c1cccc([N+](=O)[O-])c1. The predicted octanol–water partition coefficient (Wildman–Crippen LogP) is 2.74. The number of carbonyl (C=O) groups is 2. The van der Waals surface area contributed by atoms with Gasteiger partial charge in [-0.05, 0) is 25.3 Å². The van der Waals surface area contributed by atoms with Crippen LogP contribution >= 0.6 is 0 Å². The van der Waals surface area contributed by atoms with E-state index in [1.807, 2.05) is 0 Å². The topological polar surface area (TPSA) is 98.5 Å². The normalized spacial score (nSPS) is 20.1. The Morgan fingerprint density at radius 2 is 2.12 bits per heavy atom. The molecule has 0 saturated carbocycles. The third-order valence-corrected chi connectivity index (χ3v) is 4.60. The average Bonchev–Trinajstić information content (AvgIpc) is 2.60. The van der Waals surface area contributed by atoms with Crippen LogP contribution in [0.5, 0.6) is 0 Å². The minimum Gasteiger partial charge on any atom is -0.466 e. The number of allylic oxidation sites excluding steroid dienone is 3. The second-order valence-corrected chi connectivity index (χ2v) is 6.11. The van der Waals surface area contributed by atoms with Crippen LogP contribution in [0, 0.1) is 10.1 Å². The number of nitrogens with zero attached hydrogens (tertiary/aromatic N) is 1. The standard InChI is InChI=1S/C18H18N2O5/c1-10-15(18(22)25-2)16(11-5-3-6-12(9-11)20(23)24)17-13(19-10)7-4-8-14(17)21/h3,5-6,9,16,19H,4,7-8H2,1-2H3. The number of hydrogen-bond acceptors (Lipinski definition) is 6. The number of hydrogen-bond donors (Lipinski definition) is 1. The number of benzene rings is 1. The zero-order valence-corrected chi connectivity index (χ0v) is 14.0. The van der Waals surface area contributed by atoms with Crippen LogP contribution in [0.3, 0.4) is 0 Å². The van der Waals surface area contributed by atoms with Crippen molar-refractivity contribution in [2.24, 2.45) is 0 Å². The Bertz CT molecular complexity index is 838. The third-order valence-electron chi connectivity index (χ3n) is 4.60. The first-order chi connectivity index (χ1) is 11.9. The van der Waals surface area contributed by atoms with Gasteiger partial charge in [-0.1, -0.05) is 12.1 Å². The summed E-state index contributed by atoms with van der Waals surface area (Å²) in [5, 5.41) is 14.3. The lowest BCUT2D eigenvalue weighted by molar-refractivity contribution is -0.384. The second-order valence-electron chi connectivity index (χ2n) is 6.11. The van der Waals surface area contributed by atoms with Crippen LogP contribution < -0.4 is 5.32 Å². The smallest absolute Gasteiger partial charge is 0.336 e. The van der Waals surface area contributed by atoms with Gasteiger partial charge in [0.1, 0.15) is 0 Å². The summed E-state index contributed by atoms with van der Waals surface area (Å²) in [4.78, 5) is 35.6. The summed E-state index contributed by atoms with van der Waals surface area (Å²) < 4.78 is 4.90. The lowest BCUT2D eigenvalue weighted by Crippen LogP contribution is -2.34. The van der Waals surface area contributed by atoms with E-state index in [2.05, 4.69) is 5.32 Å². The zero-order chi connectivity index (χ0) is 18.1. The lowest BCUT2D eigenvalue weighted by Gasteiger charge is -2.33. The summed E-state index contributed by atoms with van der Waals surface area (Å²) >= 11 is 0. The summed E-state index contributed by atoms with van der Waals surface area (Å²) in [5.74, 6) is -1.25. The van der Waals surface area contributed by atoms with Crippen molar-refractivity contribution in [3.05, 3.63) is 62.5 Å². The molecule has 130 valence electrons. The molecule has 2 aliphatic rings. The fourth-order valence-electron chi connectivity index (χ4n) is 3.52. The highest BCUT2D eigenvalue weighted by atomic mass is 16.6. The molecule has 0 fully saturated rings. The molecular weight excluding hydrogens is 324 g/mol. The van der Waals surface area contributed by atoms with E-state index < -0.39 is 16.8 Å². The van der Waals surface area contributed by atoms with Crippen LogP contribution in [0.4, 0.5) is 5.69 Å². The largest absolute Gasteiger partial charge is 0.466 e. The van der Waals surface area contributed by atoms with Crippen LogP contribution in [0.2, 0.25) is 0 Å². The quantitative estimate of drug-likeness (QED) is 0.515. The van der Waals surface area contributed by atoms with Crippen molar-refractivity contribution in [2.45, 2.75) is 32.1 Å². The van der Waals surface area contributed by atoms with Crippen molar-refractivity contribution in [2.75, 3.05) is 7.11 Å². The molecule has 1 aromatic rings. The number of carbonyl (C=O) groups excluding carboxylic acids is 2. The van der Waals surface area contributed by atoms with Crippen LogP contribution in [0.15, 0.2) is 46.8 Å². The minimum absolute atomic E-state index is 0.0424. The summed E-state index contributed by atoms with van der Waals surface area (Å²) in [6.45, 7) is 1.75. The van der Waals surface area contributed by atoms with Gasteiger partial charge in [-0.3, -0.25) is 14.9 Å².